The fraction of sp³-hybridized carbons (Fsp3) is 0. The number of hydrogen-bond donors (Lipinski definition) is 2. The second kappa shape index (κ2) is 5.05. The number of phenols is 2. The molecule has 3 nitrogen and oxygen atoms in total. The van der Waals surface area contributed by atoms with Crippen molar-refractivity contribution in [3.63, 3.8) is 0 Å². The molecule has 0 bridgehead atoms. The number of fused-ring (bicyclic) bond motifs is 1. The quantitative estimate of drug-likeness (QED) is 0.739. The first-order valence-corrected chi connectivity index (χ1v) is 6.28. The van der Waals surface area contributed by atoms with Crippen molar-refractivity contribution in [2.24, 2.45) is 0 Å². The predicted octanol–water partition coefficient (Wildman–Crippen LogP) is 3.82. The molecule has 0 radical (unpaired) electrons. The van der Waals surface area contributed by atoms with E-state index in [-0.39, 0.29) is 11.5 Å². The molecule has 1 heterocycles. The van der Waals surface area contributed by atoms with Crippen molar-refractivity contribution in [2.75, 3.05) is 0 Å². The van der Waals surface area contributed by atoms with Crippen LogP contribution in [0.4, 0.5) is 0 Å². The molecule has 1 aromatic heterocycles. The molecule has 3 aromatic rings. The molecule has 0 aliphatic rings. The number of aromatic hydroxyl groups is 2. The van der Waals surface area contributed by atoms with Gasteiger partial charge in [0.05, 0.1) is 5.69 Å². The first-order valence-electron chi connectivity index (χ1n) is 6.28. The van der Waals surface area contributed by atoms with Gasteiger partial charge in [0.15, 0.2) is 0 Å². The number of aromatic nitrogens is 1. The molecule has 0 unspecified atom stereocenters. The third-order valence-corrected chi connectivity index (χ3v) is 3.04. The van der Waals surface area contributed by atoms with Crippen LogP contribution < -0.4 is 0 Å². The van der Waals surface area contributed by atoms with E-state index >= 15 is 0 Å². The van der Waals surface area contributed by atoms with E-state index in [1.54, 1.807) is 30.3 Å². The second-order valence-corrected chi connectivity index (χ2v) is 4.51. The molecule has 3 rings (SSSR count). The van der Waals surface area contributed by atoms with E-state index in [0.717, 1.165) is 16.6 Å². The molecule has 0 atom stereocenters. The summed E-state index contributed by atoms with van der Waals surface area (Å²) in [6.07, 6.45) is 3.72. The summed E-state index contributed by atoms with van der Waals surface area (Å²) in [6, 6.07) is 16.1. The van der Waals surface area contributed by atoms with Gasteiger partial charge in [-0.25, -0.2) is 4.98 Å². The van der Waals surface area contributed by atoms with Crippen LogP contribution in [0.3, 0.4) is 0 Å². The number of nitrogens with zero attached hydrogens (tertiary/aromatic N) is 1. The lowest BCUT2D eigenvalue weighted by Crippen LogP contribution is -1.83. The number of phenolic OH excluding ortho intramolecular Hbond substituents is 2. The predicted molar refractivity (Wildman–Crippen MR) is 80.4 cm³/mol. The average molecular weight is 263 g/mol. The molecule has 0 amide bonds. The van der Waals surface area contributed by atoms with Gasteiger partial charge >= 0.3 is 0 Å². The van der Waals surface area contributed by atoms with Crippen LogP contribution in [0, 0.1) is 0 Å². The van der Waals surface area contributed by atoms with E-state index in [9.17, 15) is 10.2 Å². The largest absolute Gasteiger partial charge is 0.508 e. The molecule has 0 aliphatic heterocycles. The zero-order valence-electron chi connectivity index (χ0n) is 10.7. The third kappa shape index (κ3) is 2.47. The Morgan fingerprint density at radius 2 is 1.70 bits per heavy atom. The van der Waals surface area contributed by atoms with Crippen molar-refractivity contribution in [1.29, 1.82) is 0 Å². The van der Waals surface area contributed by atoms with Crippen LogP contribution in [0.5, 0.6) is 11.5 Å². The van der Waals surface area contributed by atoms with E-state index < -0.39 is 0 Å². The van der Waals surface area contributed by atoms with Gasteiger partial charge in [0.25, 0.3) is 0 Å². The molecular weight excluding hydrogens is 250 g/mol. The summed E-state index contributed by atoms with van der Waals surface area (Å²) in [5, 5.41) is 20.1. The lowest BCUT2D eigenvalue weighted by molar-refractivity contribution is 0.475. The Labute approximate surface area is 116 Å². The smallest absolute Gasteiger partial charge is 0.141 e. The van der Waals surface area contributed by atoms with Crippen LogP contribution in [0.2, 0.25) is 0 Å². The van der Waals surface area contributed by atoms with Gasteiger partial charge in [0.1, 0.15) is 17.0 Å². The molecule has 98 valence electrons. The van der Waals surface area contributed by atoms with E-state index in [1.165, 1.54) is 0 Å². The van der Waals surface area contributed by atoms with Crippen molar-refractivity contribution >= 4 is 23.1 Å². The van der Waals surface area contributed by atoms with Crippen molar-refractivity contribution in [3.05, 3.63) is 65.9 Å². The highest BCUT2D eigenvalue weighted by molar-refractivity contribution is 5.85. The summed E-state index contributed by atoms with van der Waals surface area (Å²) in [6.45, 7) is 0. The monoisotopic (exact) mass is 263 g/mol. The number of pyridine rings is 1. The highest BCUT2D eigenvalue weighted by Gasteiger charge is 2.00. The molecule has 0 fully saturated rings. The normalized spacial score (nSPS) is 11.2. The molecule has 0 saturated carbocycles. The Morgan fingerprint density at radius 1 is 0.850 bits per heavy atom. The van der Waals surface area contributed by atoms with Gasteiger partial charge in [-0.1, -0.05) is 36.4 Å². The van der Waals surface area contributed by atoms with Gasteiger partial charge in [0, 0.05) is 5.39 Å². The summed E-state index contributed by atoms with van der Waals surface area (Å²) in [4.78, 5) is 4.41. The van der Waals surface area contributed by atoms with Crippen molar-refractivity contribution in [2.45, 2.75) is 0 Å². The van der Waals surface area contributed by atoms with Crippen molar-refractivity contribution in [1.82, 2.24) is 4.98 Å². The average Bonchev–Trinajstić information content (AvgIpc) is 2.46. The standard InChI is InChI=1S/C17H13NO2/c19-15-5-1-3-12(11-15)7-9-14-10-8-13-4-2-6-16(20)17(13)18-14/h1-11,19-20H/b9-7+. The first-order chi connectivity index (χ1) is 9.72. The molecule has 20 heavy (non-hydrogen) atoms. The minimum absolute atomic E-state index is 0.176. The Bertz CT molecular complexity index is 794. The van der Waals surface area contributed by atoms with E-state index in [4.69, 9.17) is 0 Å². The Morgan fingerprint density at radius 3 is 2.55 bits per heavy atom. The van der Waals surface area contributed by atoms with Crippen LogP contribution in [0.1, 0.15) is 11.3 Å². The Hall–Kier alpha value is -2.81. The topological polar surface area (TPSA) is 53.4 Å². The van der Waals surface area contributed by atoms with Gasteiger partial charge in [-0.05, 0) is 35.9 Å². The van der Waals surface area contributed by atoms with Gasteiger partial charge < -0.3 is 10.2 Å². The summed E-state index contributed by atoms with van der Waals surface area (Å²) < 4.78 is 0. The SMILES string of the molecule is Oc1cccc(/C=C/c2ccc3cccc(O)c3n2)c1. The van der Waals surface area contributed by atoms with Crippen molar-refractivity contribution in [3.8, 4) is 11.5 Å². The Kier molecular flexibility index (Phi) is 3.09. The summed E-state index contributed by atoms with van der Waals surface area (Å²) >= 11 is 0. The molecular formula is C17H13NO2. The fourth-order valence-corrected chi connectivity index (χ4v) is 2.05. The van der Waals surface area contributed by atoms with Crippen LogP contribution in [-0.2, 0) is 0 Å². The number of hydrogen-bond acceptors (Lipinski definition) is 3. The van der Waals surface area contributed by atoms with E-state index in [0.29, 0.717) is 5.52 Å². The second-order valence-electron chi connectivity index (χ2n) is 4.51. The van der Waals surface area contributed by atoms with Crippen LogP contribution in [0.25, 0.3) is 23.1 Å². The minimum Gasteiger partial charge on any atom is -0.508 e. The molecule has 0 aliphatic carbocycles. The highest BCUT2D eigenvalue weighted by Crippen LogP contribution is 2.23. The van der Waals surface area contributed by atoms with Gasteiger partial charge in [-0.3, -0.25) is 0 Å². The number of benzene rings is 2. The zero-order valence-corrected chi connectivity index (χ0v) is 10.7. The minimum atomic E-state index is 0.176. The van der Waals surface area contributed by atoms with Crippen molar-refractivity contribution < 1.29 is 10.2 Å². The fourth-order valence-electron chi connectivity index (χ4n) is 2.05. The molecule has 0 saturated heterocycles. The lowest BCUT2D eigenvalue weighted by atomic mass is 10.1. The van der Waals surface area contributed by atoms with E-state index in [1.807, 2.05) is 36.4 Å². The maximum atomic E-state index is 9.80. The van der Waals surface area contributed by atoms with E-state index in [2.05, 4.69) is 4.98 Å². The number of para-hydroxylation sites is 1. The molecule has 2 N–H and O–H groups in total. The maximum Gasteiger partial charge on any atom is 0.141 e. The molecule has 0 spiro atoms. The summed E-state index contributed by atoms with van der Waals surface area (Å²) in [7, 11) is 0. The van der Waals surface area contributed by atoms with Crippen LogP contribution in [0.15, 0.2) is 54.6 Å². The van der Waals surface area contributed by atoms with Crippen LogP contribution in [-0.4, -0.2) is 15.2 Å². The highest BCUT2D eigenvalue weighted by atomic mass is 16.3. The Balaban J connectivity index is 1.97. The lowest BCUT2D eigenvalue weighted by Gasteiger charge is -2.01. The van der Waals surface area contributed by atoms with Crippen LogP contribution >= 0.6 is 0 Å². The summed E-state index contributed by atoms with van der Waals surface area (Å²) in [5.41, 5.74) is 2.23. The van der Waals surface area contributed by atoms with Gasteiger partial charge in [0.2, 0.25) is 0 Å². The van der Waals surface area contributed by atoms with Gasteiger partial charge in [-0.2, -0.15) is 0 Å². The maximum absolute atomic E-state index is 9.80. The van der Waals surface area contributed by atoms with Gasteiger partial charge in [-0.15, -0.1) is 0 Å². The molecule has 3 heteroatoms. The zero-order chi connectivity index (χ0) is 13.9. The summed E-state index contributed by atoms with van der Waals surface area (Å²) in [5.74, 6) is 0.409. The first kappa shape index (κ1) is 12.2. The third-order valence-electron chi connectivity index (χ3n) is 3.04. The molecule has 2 aromatic carbocycles. The number of rotatable bonds is 2.